The fraction of sp³-hybridized carbons (Fsp3) is 0.467. The Kier molecular flexibility index (Phi) is 11.8. The molecule has 10 nitrogen and oxygen atoms in total. The average Bonchev–Trinajstić information content (AvgIpc) is 2.94. The number of benzene rings is 2. The molecule has 3 rings (SSSR count). The Labute approximate surface area is 246 Å². The van der Waals surface area contributed by atoms with Gasteiger partial charge in [-0.05, 0) is 55.2 Å². The zero-order valence-electron chi connectivity index (χ0n) is 24.0. The first-order chi connectivity index (χ1) is 19.5. The predicted molar refractivity (Wildman–Crippen MR) is 156 cm³/mol. The Morgan fingerprint density at radius 3 is 2.54 bits per heavy atom. The van der Waals surface area contributed by atoms with Gasteiger partial charge < -0.3 is 29.9 Å². The van der Waals surface area contributed by atoms with Crippen LogP contribution in [0.3, 0.4) is 0 Å². The third-order valence-corrected chi connectivity index (χ3v) is 6.93. The van der Waals surface area contributed by atoms with Gasteiger partial charge >= 0.3 is 0 Å². The van der Waals surface area contributed by atoms with E-state index in [1.54, 1.807) is 62.6 Å². The number of ether oxygens (including phenoxy) is 2. The van der Waals surface area contributed by atoms with Crippen LogP contribution in [-0.4, -0.2) is 85.9 Å². The minimum Gasteiger partial charge on any atom is -0.492 e. The topological polar surface area (TPSA) is 117 Å². The summed E-state index contributed by atoms with van der Waals surface area (Å²) in [5.74, 6) is -0.345. The SMILES string of the molecule is CC(C)C[C@@H]1NC(=O)CC[C@@H](C(=O)N(C)CCOc2ccc(Cl)cc2)NC(=O)c2ccccc2OCCN(C)C1=O. The van der Waals surface area contributed by atoms with E-state index in [4.69, 9.17) is 21.1 Å². The van der Waals surface area contributed by atoms with Gasteiger partial charge in [0, 0.05) is 25.5 Å². The van der Waals surface area contributed by atoms with Crippen LogP contribution >= 0.6 is 11.6 Å². The number of carbonyl (C=O) groups excluding carboxylic acids is 4. The van der Waals surface area contributed by atoms with Gasteiger partial charge in [0.2, 0.25) is 17.7 Å². The van der Waals surface area contributed by atoms with Crippen molar-refractivity contribution in [2.75, 3.05) is 40.4 Å². The first kappa shape index (κ1) is 31.7. The molecule has 2 atom stereocenters. The van der Waals surface area contributed by atoms with Crippen LogP contribution in [0, 0.1) is 5.92 Å². The smallest absolute Gasteiger partial charge is 0.255 e. The van der Waals surface area contributed by atoms with E-state index in [-0.39, 0.29) is 68.3 Å². The van der Waals surface area contributed by atoms with E-state index in [9.17, 15) is 19.2 Å². The van der Waals surface area contributed by atoms with Gasteiger partial charge in [0.15, 0.2) is 0 Å². The molecule has 1 aliphatic rings. The third-order valence-electron chi connectivity index (χ3n) is 6.68. The second-order valence-electron chi connectivity index (χ2n) is 10.5. The number of hydrogen-bond donors (Lipinski definition) is 2. The van der Waals surface area contributed by atoms with Crippen molar-refractivity contribution in [3.05, 3.63) is 59.1 Å². The van der Waals surface area contributed by atoms with Gasteiger partial charge in [-0.15, -0.1) is 0 Å². The van der Waals surface area contributed by atoms with Crippen LogP contribution in [0.1, 0.15) is 43.5 Å². The van der Waals surface area contributed by atoms with E-state index < -0.39 is 18.0 Å². The highest BCUT2D eigenvalue weighted by atomic mass is 35.5. The summed E-state index contributed by atoms with van der Waals surface area (Å²) in [6.45, 7) is 4.83. The first-order valence-electron chi connectivity index (χ1n) is 13.8. The maximum Gasteiger partial charge on any atom is 0.255 e. The number of para-hydroxylation sites is 1. The monoisotopic (exact) mass is 586 g/mol. The van der Waals surface area contributed by atoms with Gasteiger partial charge in [-0.25, -0.2) is 0 Å². The molecule has 0 unspecified atom stereocenters. The lowest BCUT2D eigenvalue weighted by Crippen LogP contribution is -2.50. The summed E-state index contributed by atoms with van der Waals surface area (Å²) in [5.41, 5.74) is 0.255. The standard InChI is InChI=1S/C30H39ClN4O6/c1-20(2)19-25-30(39)35(4)16-18-41-26-8-6-5-7-23(26)28(37)33-24(13-14-27(36)32-25)29(38)34(3)15-17-40-22-11-9-21(31)10-12-22/h5-12,20,24-25H,13-19H2,1-4H3,(H,32,36)(H,33,37)/t24-,25-/m0/s1. The molecular formula is C30H39ClN4O6. The van der Waals surface area contributed by atoms with E-state index in [2.05, 4.69) is 10.6 Å². The highest BCUT2D eigenvalue weighted by Crippen LogP contribution is 2.19. The highest BCUT2D eigenvalue weighted by molar-refractivity contribution is 6.30. The number of amides is 4. The molecule has 0 bridgehead atoms. The number of hydrogen-bond acceptors (Lipinski definition) is 6. The molecule has 0 saturated heterocycles. The molecule has 0 radical (unpaired) electrons. The molecule has 41 heavy (non-hydrogen) atoms. The Bertz CT molecular complexity index is 1210. The summed E-state index contributed by atoms with van der Waals surface area (Å²) >= 11 is 5.91. The van der Waals surface area contributed by atoms with Gasteiger partial charge in [0.1, 0.15) is 36.8 Å². The van der Waals surface area contributed by atoms with Crippen molar-refractivity contribution in [3.8, 4) is 11.5 Å². The fourth-order valence-electron chi connectivity index (χ4n) is 4.38. The summed E-state index contributed by atoms with van der Waals surface area (Å²) in [5, 5.41) is 6.22. The molecule has 0 saturated carbocycles. The molecule has 0 aliphatic carbocycles. The second kappa shape index (κ2) is 15.3. The van der Waals surface area contributed by atoms with Gasteiger partial charge in [0.25, 0.3) is 5.91 Å². The maximum atomic E-state index is 13.5. The lowest BCUT2D eigenvalue weighted by molar-refractivity contribution is -0.136. The van der Waals surface area contributed by atoms with E-state index in [0.29, 0.717) is 22.9 Å². The van der Waals surface area contributed by atoms with Crippen LogP contribution in [-0.2, 0) is 14.4 Å². The number of rotatable bonds is 7. The molecule has 2 N–H and O–H groups in total. The van der Waals surface area contributed by atoms with Crippen molar-refractivity contribution in [3.63, 3.8) is 0 Å². The fourth-order valence-corrected chi connectivity index (χ4v) is 4.51. The van der Waals surface area contributed by atoms with Gasteiger partial charge in [-0.3, -0.25) is 19.2 Å². The Morgan fingerprint density at radius 2 is 1.83 bits per heavy atom. The summed E-state index contributed by atoms with van der Waals surface area (Å²) < 4.78 is 11.6. The van der Waals surface area contributed by atoms with Crippen LogP contribution in [0.5, 0.6) is 11.5 Å². The number of likely N-dealkylation sites (N-methyl/N-ethyl adjacent to an activating group) is 2. The molecule has 4 amide bonds. The Hall–Kier alpha value is -3.79. The van der Waals surface area contributed by atoms with E-state index in [1.165, 1.54) is 9.80 Å². The average molecular weight is 587 g/mol. The quantitative estimate of drug-likeness (QED) is 0.515. The molecule has 0 spiro atoms. The number of carbonyl (C=O) groups is 4. The van der Waals surface area contributed by atoms with Gasteiger partial charge in [0.05, 0.1) is 18.7 Å². The van der Waals surface area contributed by atoms with Crippen LogP contribution in [0.15, 0.2) is 48.5 Å². The lowest BCUT2D eigenvalue weighted by Gasteiger charge is -2.26. The Morgan fingerprint density at radius 1 is 1.12 bits per heavy atom. The number of nitrogens with zero attached hydrogens (tertiary/aromatic N) is 2. The van der Waals surface area contributed by atoms with Crippen molar-refractivity contribution < 1.29 is 28.7 Å². The van der Waals surface area contributed by atoms with Crippen molar-refractivity contribution in [1.82, 2.24) is 20.4 Å². The molecule has 0 aromatic heterocycles. The number of fused-ring (bicyclic) bond motifs is 1. The van der Waals surface area contributed by atoms with E-state index in [0.717, 1.165) is 0 Å². The molecular weight excluding hydrogens is 548 g/mol. The minimum atomic E-state index is -0.992. The summed E-state index contributed by atoms with van der Waals surface area (Å²) in [6.07, 6.45) is 0.448. The van der Waals surface area contributed by atoms with Crippen molar-refractivity contribution >= 4 is 35.2 Å². The predicted octanol–water partition coefficient (Wildman–Crippen LogP) is 3.14. The molecule has 0 fully saturated rings. The zero-order valence-corrected chi connectivity index (χ0v) is 24.8. The molecule has 222 valence electrons. The largest absolute Gasteiger partial charge is 0.492 e. The van der Waals surface area contributed by atoms with Gasteiger partial charge in [-0.1, -0.05) is 37.6 Å². The highest BCUT2D eigenvalue weighted by Gasteiger charge is 2.29. The lowest BCUT2D eigenvalue weighted by atomic mass is 10.0. The maximum absolute atomic E-state index is 13.5. The molecule has 11 heteroatoms. The van der Waals surface area contributed by atoms with Gasteiger partial charge in [-0.2, -0.15) is 0 Å². The van der Waals surface area contributed by atoms with Crippen LogP contribution in [0.2, 0.25) is 5.02 Å². The minimum absolute atomic E-state index is 0.0419. The van der Waals surface area contributed by atoms with E-state index >= 15 is 0 Å². The van der Waals surface area contributed by atoms with Crippen molar-refractivity contribution in [2.24, 2.45) is 5.92 Å². The zero-order chi connectivity index (χ0) is 29.9. The van der Waals surface area contributed by atoms with Crippen LogP contribution in [0.4, 0.5) is 0 Å². The summed E-state index contributed by atoms with van der Waals surface area (Å²) in [4.78, 5) is 55.9. The molecule has 2 aromatic rings. The first-order valence-corrected chi connectivity index (χ1v) is 14.1. The van der Waals surface area contributed by atoms with Crippen molar-refractivity contribution in [2.45, 2.75) is 45.2 Å². The number of nitrogens with one attached hydrogen (secondary N) is 2. The van der Waals surface area contributed by atoms with Crippen LogP contribution < -0.4 is 20.1 Å². The van der Waals surface area contributed by atoms with Crippen LogP contribution in [0.25, 0.3) is 0 Å². The second-order valence-corrected chi connectivity index (χ2v) is 10.9. The molecule has 1 aliphatic heterocycles. The van der Waals surface area contributed by atoms with E-state index in [1.807, 2.05) is 13.8 Å². The number of halogens is 1. The summed E-state index contributed by atoms with van der Waals surface area (Å²) in [7, 11) is 3.27. The Balaban J connectivity index is 1.78. The third kappa shape index (κ3) is 9.67. The summed E-state index contributed by atoms with van der Waals surface area (Å²) in [6, 6.07) is 11.9. The van der Waals surface area contributed by atoms with Crippen molar-refractivity contribution in [1.29, 1.82) is 0 Å². The molecule has 1 heterocycles. The molecule has 2 aromatic carbocycles. The normalized spacial score (nSPS) is 18.8.